The first-order chi connectivity index (χ1) is 14.7. The Morgan fingerprint density at radius 3 is 2.53 bits per heavy atom. The second-order valence-electron chi connectivity index (χ2n) is 7.47. The van der Waals surface area contributed by atoms with Crippen LogP contribution in [0.15, 0.2) is 53.5 Å². The highest BCUT2D eigenvalue weighted by Gasteiger charge is 2.23. The van der Waals surface area contributed by atoms with Gasteiger partial charge in [-0.25, -0.2) is 4.98 Å². The lowest BCUT2D eigenvalue weighted by Crippen LogP contribution is -2.33. The van der Waals surface area contributed by atoms with Crippen molar-refractivity contribution in [1.82, 2.24) is 19.9 Å². The lowest BCUT2D eigenvalue weighted by Gasteiger charge is -2.31. The van der Waals surface area contributed by atoms with E-state index >= 15 is 0 Å². The quantitative estimate of drug-likeness (QED) is 0.677. The minimum Gasteiger partial charge on any atom is -0.493 e. The molecule has 1 saturated heterocycles. The number of methoxy groups -OCH3 is 2. The van der Waals surface area contributed by atoms with Crippen LogP contribution in [0.3, 0.4) is 0 Å². The molecule has 1 aromatic carbocycles. The normalized spacial score (nSPS) is 15.1. The predicted octanol–water partition coefficient (Wildman–Crippen LogP) is 3.23. The summed E-state index contributed by atoms with van der Waals surface area (Å²) in [6.07, 6.45) is 3.61. The molecule has 0 bridgehead atoms. The summed E-state index contributed by atoms with van der Waals surface area (Å²) in [4.78, 5) is 26.6. The van der Waals surface area contributed by atoms with Crippen molar-refractivity contribution in [3.05, 3.63) is 70.4 Å². The molecule has 0 unspecified atom stereocenters. The van der Waals surface area contributed by atoms with E-state index < -0.39 is 0 Å². The summed E-state index contributed by atoms with van der Waals surface area (Å²) in [5.74, 6) is 2.48. The summed E-state index contributed by atoms with van der Waals surface area (Å²) >= 11 is 0. The lowest BCUT2D eigenvalue weighted by molar-refractivity contribution is 0.201. The van der Waals surface area contributed by atoms with E-state index in [1.54, 1.807) is 20.4 Å². The molecule has 4 rings (SSSR count). The first kappa shape index (κ1) is 20.1. The number of nitrogens with one attached hydrogen (secondary N) is 1. The molecule has 3 aromatic rings. The van der Waals surface area contributed by atoms with Crippen molar-refractivity contribution in [3.63, 3.8) is 0 Å². The van der Waals surface area contributed by atoms with Crippen molar-refractivity contribution in [2.24, 2.45) is 0 Å². The number of ether oxygens (including phenoxy) is 2. The Bertz CT molecular complexity index is 1040. The molecule has 7 heteroatoms. The number of hydrogen-bond donors (Lipinski definition) is 1. The Morgan fingerprint density at radius 1 is 1.03 bits per heavy atom. The van der Waals surface area contributed by atoms with E-state index in [0.717, 1.165) is 55.5 Å². The number of nitrogens with zero attached hydrogens (tertiary/aromatic N) is 3. The molecule has 1 fully saturated rings. The Morgan fingerprint density at radius 2 is 1.83 bits per heavy atom. The van der Waals surface area contributed by atoms with Crippen LogP contribution in [0.2, 0.25) is 0 Å². The Labute approximate surface area is 175 Å². The summed E-state index contributed by atoms with van der Waals surface area (Å²) in [7, 11) is 3.30. The minimum absolute atomic E-state index is 0.131. The molecular weight excluding hydrogens is 380 g/mol. The van der Waals surface area contributed by atoms with E-state index in [-0.39, 0.29) is 11.5 Å². The first-order valence-corrected chi connectivity index (χ1v) is 10.1. The van der Waals surface area contributed by atoms with E-state index in [9.17, 15) is 4.79 Å². The monoisotopic (exact) mass is 406 g/mol. The van der Waals surface area contributed by atoms with E-state index in [0.29, 0.717) is 5.69 Å². The van der Waals surface area contributed by atoms with Gasteiger partial charge in [-0.2, -0.15) is 0 Å². The summed E-state index contributed by atoms with van der Waals surface area (Å²) in [5.41, 5.74) is 2.40. The SMILES string of the molecule is COc1ccc(CN2CCC(c3nc(-c4ccccn4)cc(=O)[nH]3)CC2)cc1OC. The largest absolute Gasteiger partial charge is 0.493 e. The van der Waals surface area contributed by atoms with Gasteiger partial charge in [-0.3, -0.25) is 14.7 Å². The maximum absolute atomic E-state index is 12.2. The molecule has 0 radical (unpaired) electrons. The molecule has 7 nitrogen and oxygen atoms in total. The fraction of sp³-hybridized carbons (Fsp3) is 0.348. The third-order valence-corrected chi connectivity index (χ3v) is 5.52. The van der Waals surface area contributed by atoms with Crippen molar-refractivity contribution >= 4 is 0 Å². The van der Waals surface area contributed by atoms with Gasteiger partial charge in [-0.15, -0.1) is 0 Å². The molecular formula is C23H26N4O3. The van der Waals surface area contributed by atoms with E-state index in [2.05, 4.69) is 20.9 Å². The number of aromatic nitrogens is 3. The van der Waals surface area contributed by atoms with Crippen molar-refractivity contribution in [2.75, 3.05) is 27.3 Å². The van der Waals surface area contributed by atoms with Gasteiger partial charge in [-0.05, 0) is 55.8 Å². The molecule has 0 amide bonds. The topological polar surface area (TPSA) is 80.3 Å². The van der Waals surface area contributed by atoms with E-state index in [4.69, 9.17) is 14.5 Å². The molecule has 1 aliphatic heterocycles. The number of rotatable bonds is 6. The second kappa shape index (κ2) is 9.09. The van der Waals surface area contributed by atoms with Gasteiger partial charge >= 0.3 is 0 Å². The van der Waals surface area contributed by atoms with Gasteiger partial charge in [-0.1, -0.05) is 12.1 Å². The third-order valence-electron chi connectivity index (χ3n) is 5.52. The number of likely N-dealkylation sites (tertiary alicyclic amines) is 1. The zero-order chi connectivity index (χ0) is 20.9. The van der Waals surface area contributed by atoms with Gasteiger partial charge in [0, 0.05) is 24.7 Å². The van der Waals surface area contributed by atoms with Crippen LogP contribution < -0.4 is 15.0 Å². The van der Waals surface area contributed by atoms with Crippen molar-refractivity contribution < 1.29 is 9.47 Å². The molecule has 0 saturated carbocycles. The van der Waals surface area contributed by atoms with Crippen LogP contribution in [0.4, 0.5) is 0 Å². The zero-order valence-corrected chi connectivity index (χ0v) is 17.3. The predicted molar refractivity (Wildman–Crippen MR) is 115 cm³/mol. The Balaban J connectivity index is 1.43. The molecule has 1 aliphatic rings. The van der Waals surface area contributed by atoms with Crippen LogP contribution >= 0.6 is 0 Å². The van der Waals surface area contributed by atoms with Gasteiger partial charge in [0.1, 0.15) is 5.82 Å². The van der Waals surface area contributed by atoms with E-state index in [1.807, 2.05) is 30.3 Å². The summed E-state index contributed by atoms with van der Waals surface area (Å²) in [5, 5.41) is 0. The number of benzene rings is 1. The van der Waals surface area contributed by atoms with Crippen LogP contribution in [0, 0.1) is 0 Å². The molecule has 0 aliphatic carbocycles. The molecule has 0 spiro atoms. The molecule has 3 heterocycles. The Hall–Kier alpha value is -3.19. The minimum atomic E-state index is -0.131. The fourth-order valence-electron chi connectivity index (χ4n) is 3.92. The number of pyridine rings is 1. The van der Waals surface area contributed by atoms with Crippen LogP contribution in [0.1, 0.15) is 30.1 Å². The van der Waals surface area contributed by atoms with Crippen molar-refractivity contribution in [2.45, 2.75) is 25.3 Å². The van der Waals surface area contributed by atoms with Crippen LogP contribution in [0.5, 0.6) is 11.5 Å². The standard InChI is InChI=1S/C23H26N4O3/c1-29-20-7-6-16(13-21(20)30-2)15-27-11-8-17(9-12-27)23-25-19(14-22(28)26-23)18-5-3-4-10-24-18/h3-7,10,13-14,17H,8-9,11-12,15H2,1-2H3,(H,25,26,28). The Kier molecular flexibility index (Phi) is 6.09. The van der Waals surface area contributed by atoms with Crippen LogP contribution in [-0.4, -0.2) is 47.2 Å². The highest BCUT2D eigenvalue weighted by molar-refractivity contribution is 5.52. The van der Waals surface area contributed by atoms with Crippen LogP contribution in [0.25, 0.3) is 11.4 Å². The molecule has 1 N–H and O–H groups in total. The van der Waals surface area contributed by atoms with Gasteiger partial charge in [0.25, 0.3) is 5.56 Å². The first-order valence-electron chi connectivity index (χ1n) is 10.1. The summed E-state index contributed by atoms with van der Waals surface area (Å²) < 4.78 is 10.7. The maximum atomic E-state index is 12.2. The van der Waals surface area contributed by atoms with Gasteiger partial charge < -0.3 is 14.5 Å². The summed E-state index contributed by atoms with van der Waals surface area (Å²) in [6.45, 7) is 2.73. The maximum Gasteiger partial charge on any atom is 0.251 e. The number of H-pyrrole nitrogens is 1. The molecule has 30 heavy (non-hydrogen) atoms. The molecule has 0 atom stereocenters. The molecule has 2 aromatic heterocycles. The average Bonchev–Trinajstić information content (AvgIpc) is 2.79. The van der Waals surface area contributed by atoms with E-state index in [1.165, 1.54) is 11.6 Å². The number of aromatic amines is 1. The fourth-order valence-corrected chi connectivity index (χ4v) is 3.92. The smallest absolute Gasteiger partial charge is 0.251 e. The van der Waals surface area contributed by atoms with Crippen LogP contribution in [-0.2, 0) is 6.54 Å². The third kappa shape index (κ3) is 4.52. The van der Waals surface area contributed by atoms with Crippen molar-refractivity contribution in [3.8, 4) is 22.9 Å². The number of piperidine rings is 1. The second-order valence-corrected chi connectivity index (χ2v) is 7.47. The van der Waals surface area contributed by atoms with Gasteiger partial charge in [0.2, 0.25) is 0 Å². The zero-order valence-electron chi connectivity index (χ0n) is 17.3. The lowest BCUT2D eigenvalue weighted by atomic mass is 9.95. The average molecular weight is 406 g/mol. The molecule has 156 valence electrons. The van der Waals surface area contributed by atoms with Gasteiger partial charge in [0.05, 0.1) is 25.6 Å². The summed E-state index contributed by atoms with van der Waals surface area (Å²) in [6, 6.07) is 13.2. The number of hydrogen-bond acceptors (Lipinski definition) is 6. The highest BCUT2D eigenvalue weighted by Crippen LogP contribution is 2.30. The van der Waals surface area contributed by atoms with Crippen molar-refractivity contribution in [1.29, 1.82) is 0 Å². The highest BCUT2D eigenvalue weighted by atomic mass is 16.5. The van der Waals surface area contributed by atoms with Gasteiger partial charge in [0.15, 0.2) is 11.5 Å².